The van der Waals surface area contributed by atoms with Crippen molar-refractivity contribution in [3.63, 3.8) is 0 Å². The number of carbonyl (C=O) groups excluding carboxylic acids is 2. The van der Waals surface area contributed by atoms with Gasteiger partial charge in [0.2, 0.25) is 0 Å². The van der Waals surface area contributed by atoms with Gasteiger partial charge in [-0.25, -0.2) is 0 Å². The maximum absolute atomic E-state index is 12.0. The van der Waals surface area contributed by atoms with E-state index in [0.29, 0.717) is 12.2 Å². The van der Waals surface area contributed by atoms with Gasteiger partial charge in [0.25, 0.3) is 0 Å². The molecule has 1 heterocycles. The van der Waals surface area contributed by atoms with Crippen LogP contribution in [-0.2, 0) is 4.79 Å². The molecular weight excluding hydrogens is 260 g/mol. The molecule has 0 saturated heterocycles. The van der Waals surface area contributed by atoms with Crippen molar-refractivity contribution in [1.82, 2.24) is 0 Å². The van der Waals surface area contributed by atoms with Gasteiger partial charge in [-0.05, 0) is 38.5 Å². The number of Topliss-reactive ketones (excluding diaryl/α,β-unsaturated/α-hetero) is 1. The summed E-state index contributed by atoms with van der Waals surface area (Å²) in [4.78, 5) is 24.6. The summed E-state index contributed by atoms with van der Waals surface area (Å²) >= 11 is 1.63. The second kappa shape index (κ2) is 5.37. The summed E-state index contributed by atoms with van der Waals surface area (Å²) < 4.78 is 5.41. The van der Waals surface area contributed by atoms with Crippen LogP contribution in [0.5, 0.6) is 5.75 Å². The average molecular weight is 278 g/mol. The van der Waals surface area contributed by atoms with E-state index in [0.717, 1.165) is 22.6 Å². The molecule has 0 bridgehead atoms. The van der Waals surface area contributed by atoms with E-state index < -0.39 is 5.41 Å². The Morgan fingerprint density at radius 3 is 2.84 bits per heavy atom. The number of hydrogen-bond donors (Lipinski definition) is 0. The average Bonchev–Trinajstić information content (AvgIpc) is 2.38. The van der Waals surface area contributed by atoms with E-state index in [1.165, 1.54) is 0 Å². The maximum atomic E-state index is 12.0. The second-order valence-corrected chi connectivity index (χ2v) is 6.44. The lowest BCUT2D eigenvalue weighted by Gasteiger charge is -2.21. The Bertz CT molecular complexity index is 520. The summed E-state index contributed by atoms with van der Waals surface area (Å²) in [5.41, 5.74) is 0.254. The lowest BCUT2D eigenvalue weighted by Crippen LogP contribution is -2.28. The van der Waals surface area contributed by atoms with Gasteiger partial charge in [-0.1, -0.05) is 6.92 Å². The Labute approximate surface area is 117 Å². The summed E-state index contributed by atoms with van der Waals surface area (Å²) in [5.74, 6) is 1.25. The van der Waals surface area contributed by atoms with Gasteiger partial charge in [0.1, 0.15) is 5.75 Å². The summed E-state index contributed by atoms with van der Waals surface area (Å²) in [6.45, 7) is 5.70. The number of fused-ring (bicyclic) bond motifs is 1. The molecule has 0 radical (unpaired) electrons. The zero-order valence-electron chi connectivity index (χ0n) is 11.5. The van der Waals surface area contributed by atoms with E-state index in [4.69, 9.17) is 4.74 Å². The number of thioether (sulfide) groups is 1. The van der Waals surface area contributed by atoms with Crippen LogP contribution in [0.4, 0.5) is 0 Å². The van der Waals surface area contributed by atoms with Crippen LogP contribution in [0.1, 0.15) is 44.0 Å². The second-order valence-electron chi connectivity index (χ2n) is 5.31. The monoisotopic (exact) mass is 278 g/mol. The van der Waals surface area contributed by atoms with E-state index in [1.807, 2.05) is 20.8 Å². The highest BCUT2D eigenvalue weighted by Gasteiger charge is 2.28. The number of hydrogen-bond acceptors (Lipinski definition) is 4. The highest BCUT2D eigenvalue weighted by atomic mass is 32.2. The van der Waals surface area contributed by atoms with Crippen LogP contribution in [0.2, 0.25) is 0 Å². The molecule has 1 aromatic rings. The summed E-state index contributed by atoms with van der Waals surface area (Å²) in [7, 11) is 0. The van der Waals surface area contributed by atoms with E-state index in [9.17, 15) is 9.59 Å². The molecule has 3 nitrogen and oxygen atoms in total. The zero-order valence-corrected chi connectivity index (χ0v) is 12.3. The molecule has 0 spiro atoms. The molecule has 19 heavy (non-hydrogen) atoms. The minimum absolute atomic E-state index is 0.167. The van der Waals surface area contributed by atoms with Gasteiger partial charge in [-0.3, -0.25) is 9.59 Å². The molecule has 0 unspecified atom stereocenters. The first-order valence-corrected chi connectivity index (χ1v) is 7.45. The summed E-state index contributed by atoms with van der Waals surface area (Å²) in [6, 6.07) is 5.25. The standard InChI is InChI=1S/C15H18O3S/c1-4-15(2,3)14(17)18-10-5-6-11-12(16)7-8-19-13(11)9-10/h5-6,9H,4,7-8H2,1-3H3. The molecule has 0 amide bonds. The molecular formula is C15H18O3S. The quantitative estimate of drug-likeness (QED) is 0.624. The van der Waals surface area contributed by atoms with Crippen molar-refractivity contribution in [1.29, 1.82) is 0 Å². The SMILES string of the molecule is CCC(C)(C)C(=O)Oc1ccc2c(c1)SCCC2=O. The molecule has 0 aromatic heterocycles. The Morgan fingerprint density at radius 1 is 1.42 bits per heavy atom. The van der Waals surface area contributed by atoms with Gasteiger partial charge in [-0.2, -0.15) is 0 Å². The molecule has 4 heteroatoms. The van der Waals surface area contributed by atoms with Crippen molar-refractivity contribution in [2.45, 2.75) is 38.5 Å². The van der Waals surface area contributed by atoms with Crippen LogP contribution in [-0.4, -0.2) is 17.5 Å². The highest BCUT2D eigenvalue weighted by molar-refractivity contribution is 7.99. The number of rotatable bonds is 3. The zero-order chi connectivity index (χ0) is 14.0. The van der Waals surface area contributed by atoms with Crippen molar-refractivity contribution < 1.29 is 14.3 Å². The largest absolute Gasteiger partial charge is 0.426 e. The number of esters is 1. The van der Waals surface area contributed by atoms with Crippen LogP contribution in [0.25, 0.3) is 0 Å². The van der Waals surface area contributed by atoms with Crippen molar-refractivity contribution >= 4 is 23.5 Å². The van der Waals surface area contributed by atoms with Crippen molar-refractivity contribution in [2.24, 2.45) is 5.41 Å². The van der Waals surface area contributed by atoms with Crippen molar-refractivity contribution in [3.05, 3.63) is 23.8 Å². The Balaban J connectivity index is 2.19. The normalized spacial score (nSPS) is 15.0. The first-order valence-electron chi connectivity index (χ1n) is 6.46. The predicted molar refractivity (Wildman–Crippen MR) is 75.8 cm³/mol. The molecule has 1 aliphatic rings. The Kier molecular flexibility index (Phi) is 3.99. The number of ether oxygens (including phenoxy) is 1. The summed E-state index contributed by atoms with van der Waals surface area (Å²) in [5, 5.41) is 0. The van der Waals surface area contributed by atoms with Crippen LogP contribution in [0.3, 0.4) is 0 Å². The minimum atomic E-state index is -0.487. The van der Waals surface area contributed by atoms with Crippen LogP contribution < -0.4 is 4.74 Å². The van der Waals surface area contributed by atoms with E-state index in [-0.39, 0.29) is 11.8 Å². The van der Waals surface area contributed by atoms with Gasteiger partial charge in [0.15, 0.2) is 5.78 Å². The van der Waals surface area contributed by atoms with Gasteiger partial charge in [0.05, 0.1) is 5.41 Å². The third kappa shape index (κ3) is 3.00. The minimum Gasteiger partial charge on any atom is -0.426 e. The van der Waals surface area contributed by atoms with Crippen LogP contribution in [0, 0.1) is 5.41 Å². The van der Waals surface area contributed by atoms with Crippen LogP contribution in [0.15, 0.2) is 23.1 Å². The smallest absolute Gasteiger partial charge is 0.316 e. The first kappa shape index (κ1) is 14.1. The van der Waals surface area contributed by atoms with Crippen molar-refractivity contribution in [2.75, 3.05) is 5.75 Å². The van der Waals surface area contributed by atoms with Gasteiger partial charge in [0, 0.05) is 22.6 Å². The molecule has 1 aromatic carbocycles. The Hall–Kier alpha value is -1.29. The lowest BCUT2D eigenvalue weighted by atomic mass is 9.91. The molecule has 0 N–H and O–H groups in total. The first-order chi connectivity index (χ1) is 8.94. The van der Waals surface area contributed by atoms with E-state index in [2.05, 4.69) is 0 Å². The molecule has 0 saturated carbocycles. The Morgan fingerprint density at radius 2 is 2.16 bits per heavy atom. The molecule has 102 valence electrons. The van der Waals surface area contributed by atoms with Gasteiger partial charge >= 0.3 is 5.97 Å². The van der Waals surface area contributed by atoms with E-state index >= 15 is 0 Å². The van der Waals surface area contributed by atoms with Crippen LogP contribution >= 0.6 is 11.8 Å². The highest BCUT2D eigenvalue weighted by Crippen LogP contribution is 2.33. The van der Waals surface area contributed by atoms with Gasteiger partial charge < -0.3 is 4.74 Å². The number of benzene rings is 1. The third-order valence-corrected chi connectivity index (χ3v) is 4.54. The number of carbonyl (C=O) groups is 2. The fourth-order valence-electron chi connectivity index (χ4n) is 1.69. The molecule has 0 atom stereocenters. The fraction of sp³-hybridized carbons (Fsp3) is 0.467. The summed E-state index contributed by atoms with van der Waals surface area (Å²) in [6.07, 6.45) is 1.31. The van der Waals surface area contributed by atoms with Gasteiger partial charge in [-0.15, -0.1) is 11.8 Å². The molecule has 1 aliphatic heterocycles. The fourth-order valence-corrected chi connectivity index (χ4v) is 2.74. The lowest BCUT2D eigenvalue weighted by molar-refractivity contribution is -0.144. The maximum Gasteiger partial charge on any atom is 0.316 e. The molecule has 2 rings (SSSR count). The van der Waals surface area contributed by atoms with E-state index in [1.54, 1.807) is 30.0 Å². The molecule has 0 fully saturated rings. The number of ketones is 1. The topological polar surface area (TPSA) is 43.4 Å². The predicted octanol–water partition coefficient (Wildman–Crippen LogP) is 3.71. The van der Waals surface area contributed by atoms with Crippen molar-refractivity contribution in [3.8, 4) is 5.75 Å². The molecule has 0 aliphatic carbocycles. The third-order valence-electron chi connectivity index (χ3n) is 3.49.